The van der Waals surface area contributed by atoms with Crippen LogP contribution in [-0.2, 0) is 14.8 Å². The molecule has 0 radical (unpaired) electrons. The van der Waals surface area contributed by atoms with E-state index in [0.29, 0.717) is 17.1 Å². The maximum Gasteiger partial charge on any atom is 0.267 e. The third-order valence-electron chi connectivity index (χ3n) is 2.69. The molecule has 0 aliphatic carbocycles. The van der Waals surface area contributed by atoms with Crippen molar-refractivity contribution in [2.45, 2.75) is 25.7 Å². The Balaban J connectivity index is 2.23. The summed E-state index contributed by atoms with van der Waals surface area (Å²) in [5, 5.41) is 6.23. The molecular formula is C13H15N3O4S. The van der Waals surface area contributed by atoms with Crippen LogP contribution in [0.15, 0.2) is 33.7 Å². The minimum atomic E-state index is -3.76. The Morgan fingerprint density at radius 1 is 1.14 bits per heavy atom. The summed E-state index contributed by atoms with van der Waals surface area (Å²) in [4.78, 5) is 11.0. The van der Waals surface area contributed by atoms with E-state index in [1.54, 1.807) is 31.2 Å². The van der Waals surface area contributed by atoms with Crippen LogP contribution in [-0.4, -0.2) is 19.5 Å². The van der Waals surface area contributed by atoms with Crippen LogP contribution in [0.25, 0.3) is 0 Å². The lowest BCUT2D eigenvalue weighted by molar-refractivity contribution is -0.114. The van der Waals surface area contributed by atoms with Crippen LogP contribution < -0.4 is 10.0 Å². The van der Waals surface area contributed by atoms with Crippen molar-refractivity contribution in [2.24, 2.45) is 0 Å². The maximum absolute atomic E-state index is 12.3. The van der Waals surface area contributed by atoms with Crippen molar-refractivity contribution in [1.29, 1.82) is 0 Å². The van der Waals surface area contributed by atoms with Gasteiger partial charge in [0.05, 0.1) is 0 Å². The molecule has 0 saturated heterocycles. The van der Waals surface area contributed by atoms with Gasteiger partial charge in [-0.15, -0.1) is 0 Å². The molecule has 0 aliphatic heterocycles. The van der Waals surface area contributed by atoms with E-state index in [2.05, 4.69) is 15.2 Å². The van der Waals surface area contributed by atoms with Crippen molar-refractivity contribution in [3.8, 4) is 0 Å². The summed E-state index contributed by atoms with van der Waals surface area (Å²) in [7, 11) is -3.76. The largest absolute Gasteiger partial charge is 0.360 e. The fraction of sp³-hybridized carbons (Fsp3) is 0.231. The highest BCUT2D eigenvalue weighted by molar-refractivity contribution is 7.92. The number of nitrogens with one attached hydrogen (secondary N) is 2. The third kappa shape index (κ3) is 3.40. The Morgan fingerprint density at radius 3 is 2.19 bits per heavy atom. The molecule has 1 heterocycles. The maximum atomic E-state index is 12.3. The quantitative estimate of drug-likeness (QED) is 0.900. The average Bonchev–Trinajstić information content (AvgIpc) is 2.71. The van der Waals surface area contributed by atoms with Gasteiger partial charge in [-0.2, -0.15) is 0 Å². The van der Waals surface area contributed by atoms with Crippen LogP contribution in [0, 0.1) is 13.8 Å². The van der Waals surface area contributed by atoms with Gasteiger partial charge < -0.3 is 9.84 Å². The van der Waals surface area contributed by atoms with Gasteiger partial charge in [0.25, 0.3) is 10.0 Å². The number of sulfonamides is 1. The molecule has 1 aromatic heterocycles. The summed E-state index contributed by atoms with van der Waals surface area (Å²) in [6.07, 6.45) is 0. The second kappa shape index (κ2) is 5.57. The average molecular weight is 309 g/mol. The van der Waals surface area contributed by atoms with Crippen LogP contribution >= 0.6 is 0 Å². The van der Waals surface area contributed by atoms with E-state index >= 15 is 0 Å². The fourth-order valence-corrected chi connectivity index (χ4v) is 3.28. The molecule has 0 fully saturated rings. The smallest absolute Gasteiger partial charge is 0.267 e. The predicted molar refractivity (Wildman–Crippen MR) is 77.5 cm³/mol. The number of carbonyl (C=O) groups is 1. The van der Waals surface area contributed by atoms with E-state index in [4.69, 9.17) is 4.52 Å². The first kappa shape index (κ1) is 15.0. The number of benzene rings is 1. The van der Waals surface area contributed by atoms with Crippen molar-refractivity contribution < 1.29 is 17.7 Å². The Hall–Kier alpha value is -2.35. The lowest BCUT2D eigenvalue weighted by atomic mass is 10.3. The second-order valence-corrected chi connectivity index (χ2v) is 6.14. The number of rotatable bonds is 4. The lowest BCUT2D eigenvalue weighted by Crippen LogP contribution is -2.14. The van der Waals surface area contributed by atoms with Crippen molar-refractivity contribution >= 4 is 27.3 Å². The predicted octanol–water partition coefficient (Wildman–Crippen LogP) is 2.05. The Kier molecular flexibility index (Phi) is 3.99. The summed E-state index contributed by atoms with van der Waals surface area (Å²) in [5.41, 5.74) is 1.27. The van der Waals surface area contributed by atoms with Gasteiger partial charge in [0, 0.05) is 18.3 Å². The minimum absolute atomic E-state index is 0.0356. The van der Waals surface area contributed by atoms with Crippen LogP contribution in [0.3, 0.4) is 0 Å². The molecule has 0 spiro atoms. The molecule has 1 aromatic carbocycles. The summed E-state index contributed by atoms with van der Waals surface area (Å²) >= 11 is 0. The Labute approximate surface area is 122 Å². The Bertz CT molecular complexity index is 744. The third-order valence-corrected chi connectivity index (χ3v) is 4.32. The number of hydrogen-bond donors (Lipinski definition) is 2. The number of nitrogens with zero attached hydrogens (tertiary/aromatic N) is 1. The Morgan fingerprint density at radius 2 is 1.71 bits per heavy atom. The lowest BCUT2D eigenvalue weighted by Gasteiger charge is -2.08. The summed E-state index contributed by atoms with van der Waals surface area (Å²) in [6.45, 7) is 4.49. The zero-order valence-electron chi connectivity index (χ0n) is 11.8. The topological polar surface area (TPSA) is 101 Å². The van der Waals surface area contributed by atoms with E-state index in [0.717, 1.165) is 0 Å². The number of hydrogen-bond acceptors (Lipinski definition) is 5. The first-order valence-electron chi connectivity index (χ1n) is 6.13. The molecule has 2 aromatic rings. The van der Waals surface area contributed by atoms with Crippen LogP contribution in [0.2, 0.25) is 0 Å². The first-order chi connectivity index (χ1) is 9.79. The van der Waals surface area contributed by atoms with Gasteiger partial charge in [-0.25, -0.2) is 8.42 Å². The zero-order chi connectivity index (χ0) is 15.6. The van der Waals surface area contributed by atoms with Crippen LogP contribution in [0.1, 0.15) is 18.4 Å². The van der Waals surface area contributed by atoms with E-state index < -0.39 is 10.0 Å². The summed E-state index contributed by atoms with van der Waals surface area (Å²) in [6, 6.07) is 6.32. The molecule has 1 amide bonds. The molecule has 8 heteroatoms. The SMILES string of the molecule is CC(=O)Nc1ccc(NS(=O)(=O)c2c(C)noc2C)cc1. The zero-order valence-corrected chi connectivity index (χ0v) is 12.6. The molecule has 2 N–H and O–H groups in total. The summed E-state index contributed by atoms with van der Waals surface area (Å²) < 4.78 is 31.9. The molecule has 0 aliphatic rings. The van der Waals surface area contributed by atoms with Gasteiger partial charge in [-0.05, 0) is 38.1 Å². The molecule has 0 atom stereocenters. The molecule has 7 nitrogen and oxygen atoms in total. The second-order valence-electron chi connectivity index (χ2n) is 4.52. The minimum Gasteiger partial charge on any atom is -0.360 e. The molecule has 0 bridgehead atoms. The van der Waals surface area contributed by atoms with E-state index in [1.807, 2.05) is 0 Å². The van der Waals surface area contributed by atoms with Gasteiger partial charge >= 0.3 is 0 Å². The van der Waals surface area contributed by atoms with E-state index in [-0.39, 0.29) is 16.6 Å². The van der Waals surface area contributed by atoms with Gasteiger partial charge in [0.15, 0.2) is 10.7 Å². The highest BCUT2D eigenvalue weighted by Gasteiger charge is 2.24. The van der Waals surface area contributed by atoms with Gasteiger partial charge in [0.1, 0.15) is 5.69 Å². The standard InChI is InChI=1S/C13H15N3O4S/c1-8-13(9(2)20-15-8)21(18,19)16-12-6-4-11(5-7-12)14-10(3)17/h4-7,16H,1-3H3,(H,14,17). The fourth-order valence-electron chi connectivity index (χ4n) is 1.89. The number of anilines is 2. The highest BCUT2D eigenvalue weighted by Crippen LogP contribution is 2.23. The number of carbonyl (C=O) groups excluding carboxylic acids is 1. The van der Waals surface area contributed by atoms with Crippen molar-refractivity contribution in [3.63, 3.8) is 0 Å². The van der Waals surface area contributed by atoms with Crippen LogP contribution in [0.4, 0.5) is 11.4 Å². The molecule has 2 rings (SSSR count). The van der Waals surface area contributed by atoms with Crippen molar-refractivity contribution in [3.05, 3.63) is 35.7 Å². The number of amides is 1. The highest BCUT2D eigenvalue weighted by atomic mass is 32.2. The van der Waals surface area contributed by atoms with Gasteiger partial charge in [-0.1, -0.05) is 5.16 Å². The molecule has 112 valence electrons. The normalized spacial score (nSPS) is 11.2. The van der Waals surface area contributed by atoms with Crippen LogP contribution in [0.5, 0.6) is 0 Å². The van der Waals surface area contributed by atoms with Crippen molar-refractivity contribution in [1.82, 2.24) is 5.16 Å². The van der Waals surface area contributed by atoms with Gasteiger partial charge in [0.2, 0.25) is 5.91 Å². The molecular weight excluding hydrogens is 294 g/mol. The monoisotopic (exact) mass is 309 g/mol. The molecule has 21 heavy (non-hydrogen) atoms. The molecule has 0 unspecified atom stereocenters. The molecule has 0 saturated carbocycles. The first-order valence-corrected chi connectivity index (χ1v) is 7.61. The van der Waals surface area contributed by atoms with Crippen molar-refractivity contribution in [2.75, 3.05) is 10.0 Å². The van der Waals surface area contributed by atoms with E-state index in [1.165, 1.54) is 13.8 Å². The summed E-state index contributed by atoms with van der Waals surface area (Å²) in [5.74, 6) is 0.0360. The number of aromatic nitrogens is 1. The van der Waals surface area contributed by atoms with Gasteiger partial charge in [-0.3, -0.25) is 9.52 Å². The van der Waals surface area contributed by atoms with E-state index in [9.17, 15) is 13.2 Å². The number of aryl methyl sites for hydroxylation is 2.